The number of amides is 1. The van der Waals surface area contributed by atoms with E-state index in [1.54, 1.807) is 17.0 Å². The average Bonchev–Trinajstić information content (AvgIpc) is 2.81. The van der Waals surface area contributed by atoms with Gasteiger partial charge in [-0.2, -0.15) is 0 Å². The van der Waals surface area contributed by atoms with E-state index in [9.17, 15) is 9.18 Å². The van der Waals surface area contributed by atoms with Gasteiger partial charge in [0.05, 0.1) is 5.56 Å². The van der Waals surface area contributed by atoms with Crippen molar-refractivity contribution in [2.75, 3.05) is 13.1 Å². The summed E-state index contributed by atoms with van der Waals surface area (Å²) in [5, 5.41) is 0. The summed E-state index contributed by atoms with van der Waals surface area (Å²) in [6.07, 6.45) is 1.02. The van der Waals surface area contributed by atoms with Crippen LogP contribution in [0.5, 0.6) is 0 Å². The summed E-state index contributed by atoms with van der Waals surface area (Å²) >= 11 is 0. The first-order valence-corrected chi connectivity index (χ1v) is 6.54. The first-order valence-electron chi connectivity index (χ1n) is 6.54. The molecule has 1 amide bonds. The maximum atomic E-state index is 13.7. The largest absolute Gasteiger partial charge is 0.338 e. The van der Waals surface area contributed by atoms with E-state index >= 15 is 0 Å². The number of hydrogen-bond acceptors (Lipinski definition) is 1. The molecule has 0 spiro atoms. The summed E-state index contributed by atoms with van der Waals surface area (Å²) in [6.45, 7) is 7.72. The van der Waals surface area contributed by atoms with Gasteiger partial charge in [0.25, 0.3) is 5.91 Å². The number of benzene rings is 1. The van der Waals surface area contributed by atoms with Crippen molar-refractivity contribution in [1.29, 1.82) is 0 Å². The van der Waals surface area contributed by atoms with Gasteiger partial charge in [-0.3, -0.25) is 4.79 Å². The first-order chi connectivity index (χ1) is 8.49. The van der Waals surface area contributed by atoms with Gasteiger partial charge in [0.15, 0.2) is 0 Å². The van der Waals surface area contributed by atoms with Crippen LogP contribution in [0, 0.1) is 24.6 Å². The molecule has 1 atom stereocenters. The second-order valence-electron chi connectivity index (χ2n) is 5.53. The quantitative estimate of drug-likeness (QED) is 0.788. The van der Waals surface area contributed by atoms with Crippen molar-refractivity contribution in [3.8, 4) is 0 Å². The first kappa shape index (κ1) is 13.1. The van der Waals surface area contributed by atoms with E-state index in [0.29, 0.717) is 11.8 Å². The van der Waals surface area contributed by atoms with Crippen LogP contribution in [0.1, 0.15) is 36.2 Å². The van der Waals surface area contributed by atoms with Gasteiger partial charge in [0.2, 0.25) is 0 Å². The van der Waals surface area contributed by atoms with E-state index in [-0.39, 0.29) is 11.5 Å². The molecule has 98 valence electrons. The number of halogens is 1. The molecular weight excluding hydrogens is 229 g/mol. The molecular formula is C15H20FNO. The lowest BCUT2D eigenvalue weighted by Crippen LogP contribution is -2.30. The molecule has 2 nitrogen and oxygen atoms in total. The lowest BCUT2D eigenvalue weighted by Gasteiger charge is -2.18. The molecule has 0 saturated carbocycles. The van der Waals surface area contributed by atoms with Crippen LogP contribution in [0.2, 0.25) is 0 Å². The Morgan fingerprint density at radius 1 is 1.44 bits per heavy atom. The molecule has 1 fully saturated rings. The molecule has 1 aromatic carbocycles. The number of carbonyl (C=O) groups excluding carboxylic acids is 1. The Kier molecular flexibility index (Phi) is 3.69. The van der Waals surface area contributed by atoms with Crippen LogP contribution in [0.25, 0.3) is 0 Å². The smallest absolute Gasteiger partial charge is 0.256 e. The highest BCUT2D eigenvalue weighted by Crippen LogP contribution is 2.25. The molecule has 0 aliphatic carbocycles. The van der Waals surface area contributed by atoms with Crippen molar-refractivity contribution < 1.29 is 9.18 Å². The van der Waals surface area contributed by atoms with Crippen molar-refractivity contribution in [3.05, 3.63) is 35.1 Å². The Bertz CT molecular complexity index is 456. The summed E-state index contributed by atoms with van der Waals surface area (Å²) in [6, 6.07) is 4.70. The topological polar surface area (TPSA) is 20.3 Å². The second kappa shape index (κ2) is 5.09. The van der Waals surface area contributed by atoms with Gasteiger partial charge in [0.1, 0.15) is 5.82 Å². The van der Waals surface area contributed by atoms with Crippen LogP contribution < -0.4 is 0 Å². The number of likely N-dealkylation sites (tertiary alicyclic amines) is 1. The Balaban J connectivity index is 2.15. The third kappa shape index (κ3) is 2.55. The van der Waals surface area contributed by atoms with E-state index in [1.165, 1.54) is 6.07 Å². The highest BCUT2D eigenvalue weighted by Gasteiger charge is 2.29. The third-order valence-electron chi connectivity index (χ3n) is 3.81. The molecule has 1 saturated heterocycles. The molecule has 1 aromatic rings. The Hall–Kier alpha value is -1.38. The number of nitrogens with zero attached hydrogens (tertiary/aromatic N) is 1. The lowest BCUT2D eigenvalue weighted by atomic mass is 9.95. The highest BCUT2D eigenvalue weighted by molar-refractivity contribution is 5.94. The summed E-state index contributed by atoms with van der Waals surface area (Å²) in [7, 11) is 0. The average molecular weight is 249 g/mol. The predicted octanol–water partition coefficient (Wildman–Crippen LogP) is 3.25. The SMILES string of the molecule is Cc1ccc(F)c(C(=O)N2CCC(C(C)C)C2)c1. The van der Waals surface area contributed by atoms with Gasteiger partial charge >= 0.3 is 0 Å². The molecule has 2 rings (SSSR count). The van der Waals surface area contributed by atoms with Gasteiger partial charge in [-0.05, 0) is 37.3 Å². The van der Waals surface area contributed by atoms with Crippen LogP contribution in [-0.4, -0.2) is 23.9 Å². The Morgan fingerprint density at radius 3 is 2.78 bits per heavy atom. The molecule has 1 unspecified atom stereocenters. The van der Waals surface area contributed by atoms with Gasteiger partial charge in [-0.25, -0.2) is 4.39 Å². The molecule has 1 aliphatic rings. The van der Waals surface area contributed by atoms with Gasteiger partial charge in [-0.1, -0.05) is 25.5 Å². The van der Waals surface area contributed by atoms with Crippen LogP contribution >= 0.6 is 0 Å². The van der Waals surface area contributed by atoms with Crippen LogP contribution in [0.3, 0.4) is 0 Å². The van der Waals surface area contributed by atoms with Crippen molar-refractivity contribution in [3.63, 3.8) is 0 Å². The lowest BCUT2D eigenvalue weighted by molar-refractivity contribution is 0.0779. The van der Waals surface area contributed by atoms with Gasteiger partial charge in [-0.15, -0.1) is 0 Å². The fraction of sp³-hybridized carbons (Fsp3) is 0.533. The standard InChI is InChI=1S/C15H20FNO/c1-10(2)12-6-7-17(9-12)15(18)13-8-11(3)4-5-14(13)16/h4-5,8,10,12H,6-7,9H2,1-3H3. The number of aryl methyl sites for hydroxylation is 1. The number of rotatable bonds is 2. The summed E-state index contributed by atoms with van der Waals surface area (Å²) in [4.78, 5) is 14.1. The summed E-state index contributed by atoms with van der Waals surface area (Å²) < 4.78 is 13.7. The number of carbonyl (C=O) groups is 1. The Labute approximate surface area is 108 Å². The maximum absolute atomic E-state index is 13.7. The number of hydrogen-bond donors (Lipinski definition) is 0. The minimum atomic E-state index is -0.418. The summed E-state index contributed by atoms with van der Waals surface area (Å²) in [5.41, 5.74) is 1.12. The van der Waals surface area contributed by atoms with E-state index in [0.717, 1.165) is 25.1 Å². The zero-order chi connectivity index (χ0) is 13.3. The third-order valence-corrected chi connectivity index (χ3v) is 3.81. The highest BCUT2D eigenvalue weighted by atomic mass is 19.1. The molecule has 1 heterocycles. The minimum Gasteiger partial charge on any atom is -0.338 e. The van der Waals surface area contributed by atoms with E-state index in [2.05, 4.69) is 13.8 Å². The van der Waals surface area contributed by atoms with E-state index in [4.69, 9.17) is 0 Å². The molecule has 0 aromatic heterocycles. The van der Waals surface area contributed by atoms with Crippen molar-refractivity contribution in [2.24, 2.45) is 11.8 Å². The Morgan fingerprint density at radius 2 is 2.17 bits per heavy atom. The van der Waals surface area contributed by atoms with Gasteiger partial charge < -0.3 is 4.90 Å². The molecule has 1 aliphatic heterocycles. The monoisotopic (exact) mass is 249 g/mol. The van der Waals surface area contributed by atoms with Crippen LogP contribution in [-0.2, 0) is 0 Å². The molecule has 0 N–H and O–H groups in total. The van der Waals surface area contributed by atoms with Crippen molar-refractivity contribution in [2.45, 2.75) is 27.2 Å². The zero-order valence-electron chi connectivity index (χ0n) is 11.2. The predicted molar refractivity (Wildman–Crippen MR) is 70.0 cm³/mol. The molecule has 0 radical (unpaired) electrons. The van der Waals surface area contributed by atoms with Crippen LogP contribution in [0.4, 0.5) is 4.39 Å². The van der Waals surface area contributed by atoms with Crippen molar-refractivity contribution >= 4 is 5.91 Å². The second-order valence-corrected chi connectivity index (χ2v) is 5.53. The van der Waals surface area contributed by atoms with Gasteiger partial charge in [0, 0.05) is 13.1 Å². The fourth-order valence-corrected chi connectivity index (χ4v) is 2.49. The fourth-order valence-electron chi connectivity index (χ4n) is 2.49. The molecule has 0 bridgehead atoms. The summed E-state index contributed by atoms with van der Waals surface area (Å²) in [5.74, 6) is 0.532. The molecule has 3 heteroatoms. The maximum Gasteiger partial charge on any atom is 0.256 e. The van der Waals surface area contributed by atoms with Crippen molar-refractivity contribution in [1.82, 2.24) is 4.90 Å². The zero-order valence-corrected chi connectivity index (χ0v) is 11.2. The minimum absolute atomic E-state index is 0.167. The van der Waals surface area contributed by atoms with E-state index < -0.39 is 5.82 Å². The van der Waals surface area contributed by atoms with Crippen LogP contribution in [0.15, 0.2) is 18.2 Å². The van der Waals surface area contributed by atoms with E-state index in [1.807, 2.05) is 6.92 Å². The normalized spacial score (nSPS) is 19.6. The molecule has 18 heavy (non-hydrogen) atoms.